The molecule has 1 N–H and O–H groups in total. The van der Waals surface area contributed by atoms with E-state index in [4.69, 9.17) is 28.6 Å². The fourth-order valence-corrected chi connectivity index (χ4v) is 1.88. The van der Waals surface area contributed by atoms with Crippen LogP contribution in [-0.2, 0) is 0 Å². The number of rotatable bonds is 1. The van der Waals surface area contributed by atoms with Crippen LogP contribution < -0.4 is 4.90 Å². The molecule has 1 aromatic carbocycles. The standard InChI is InChI=1S/C9H10Cl2N2S/c1-13(9(12)14-2)8-4-6(10)3-7(11)5-8/h3-5,12H,1-2H3. The summed E-state index contributed by atoms with van der Waals surface area (Å²) in [7, 11) is 1.81. The van der Waals surface area contributed by atoms with Crippen molar-refractivity contribution in [2.45, 2.75) is 0 Å². The summed E-state index contributed by atoms with van der Waals surface area (Å²) in [6.45, 7) is 0. The zero-order valence-corrected chi connectivity index (χ0v) is 10.2. The lowest BCUT2D eigenvalue weighted by Gasteiger charge is -2.18. The molecule has 0 amide bonds. The number of anilines is 1. The molecule has 1 rings (SSSR count). The number of hydrogen-bond acceptors (Lipinski definition) is 2. The largest absolute Gasteiger partial charge is 0.324 e. The number of halogens is 2. The summed E-state index contributed by atoms with van der Waals surface area (Å²) < 4.78 is 0. The van der Waals surface area contributed by atoms with E-state index in [0.29, 0.717) is 15.2 Å². The monoisotopic (exact) mass is 248 g/mol. The van der Waals surface area contributed by atoms with Crippen LogP contribution in [0, 0.1) is 5.41 Å². The average molecular weight is 249 g/mol. The van der Waals surface area contributed by atoms with Gasteiger partial charge in [-0.25, -0.2) is 0 Å². The first kappa shape index (κ1) is 11.7. The van der Waals surface area contributed by atoms with Crippen molar-refractivity contribution in [1.82, 2.24) is 0 Å². The molecule has 0 heterocycles. The van der Waals surface area contributed by atoms with E-state index in [0.717, 1.165) is 5.69 Å². The lowest BCUT2D eigenvalue weighted by molar-refractivity contribution is 1.26. The van der Waals surface area contributed by atoms with E-state index in [2.05, 4.69) is 0 Å². The number of hydrogen-bond donors (Lipinski definition) is 1. The number of benzene rings is 1. The van der Waals surface area contributed by atoms with Crippen LogP contribution in [0.5, 0.6) is 0 Å². The Bertz CT molecular complexity index is 334. The maximum absolute atomic E-state index is 7.62. The van der Waals surface area contributed by atoms with Crippen molar-refractivity contribution >= 4 is 45.8 Å². The van der Waals surface area contributed by atoms with E-state index in [1.807, 2.05) is 6.26 Å². The van der Waals surface area contributed by atoms with Gasteiger partial charge < -0.3 is 4.90 Å². The summed E-state index contributed by atoms with van der Waals surface area (Å²) in [6.07, 6.45) is 1.85. The molecule has 0 saturated heterocycles. The van der Waals surface area contributed by atoms with Crippen molar-refractivity contribution in [3.05, 3.63) is 28.2 Å². The highest BCUT2D eigenvalue weighted by molar-refractivity contribution is 8.13. The van der Waals surface area contributed by atoms with Gasteiger partial charge >= 0.3 is 0 Å². The summed E-state index contributed by atoms with van der Waals surface area (Å²) in [5.41, 5.74) is 0.821. The van der Waals surface area contributed by atoms with Crippen molar-refractivity contribution in [3.8, 4) is 0 Å². The third kappa shape index (κ3) is 2.80. The second-order valence-corrected chi connectivity index (χ2v) is 4.36. The van der Waals surface area contributed by atoms with Gasteiger partial charge in [-0.15, -0.1) is 0 Å². The van der Waals surface area contributed by atoms with Crippen molar-refractivity contribution in [2.75, 3.05) is 18.2 Å². The molecule has 0 bridgehead atoms. The minimum absolute atomic E-state index is 0.448. The smallest absolute Gasteiger partial charge is 0.160 e. The number of nitrogens with one attached hydrogen (secondary N) is 1. The topological polar surface area (TPSA) is 27.1 Å². The van der Waals surface area contributed by atoms with Gasteiger partial charge in [0.05, 0.1) is 0 Å². The van der Waals surface area contributed by atoms with Crippen LogP contribution in [0.15, 0.2) is 18.2 Å². The number of nitrogens with zero attached hydrogens (tertiary/aromatic N) is 1. The third-order valence-electron chi connectivity index (χ3n) is 1.73. The minimum atomic E-state index is 0.448. The highest BCUT2D eigenvalue weighted by Crippen LogP contribution is 2.25. The molecule has 0 atom stereocenters. The molecule has 2 nitrogen and oxygen atoms in total. The first-order chi connectivity index (χ1) is 6.54. The Kier molecular flexibility index (Phi) is 4.11. The predicted octanol–water partition coefficient (Wildman–Crippen LogP) is 3.73. The predicted molar refractivity (Wildman–Crippen MR) is 66.1 cm³/mol. The first-order valence-corrected chi connectivity index (χ1v) is 5.85. The van der Waals surface area contributed by atoms with Crippen molar-refractivity contribution in [3.63, 3.8) is 0 Å². The zero-order valence-electron chi connectivity index (χ0n) is 7.84. The number of amidine groups is 1. The van der Waals surface area contributed by atoms with Crippen molar-refractivity contribution < 1.29 is 0 Å². The molecule has 0 aliphatic heterocycles. The fraction of sp³-hybridized carbons (Fsp3) is 0.222. The average Bonchev–Trinajstić information content (AvgIpc) is 2.14. The molecule has 5 heteroatoms. The van der Waals surface area contributed by atoms with E-state index >= 15 is 0 Å². The van der Waals surface area contributed by atoms with Gasteiger partial charge in [-0.1, -0.05) is 35.0 Å². The Morgan fingerprint density at radius 3 is 2.21 bits per heavy atom. The summed E-state index contributed by atoms with van der Waals surface area (Å²) in [5, 5.41) is 9.23. The van der Waals surface area contributed by atoms with E-state index in [1.54, 1.807) is 30.1 Å². The molecule has 0 aromatic heterocycles. The molecule has 0 radical (unpaired) electrons. The Labute approximate surface area is 97.7 Å². The summed E-state index contributed by atoms with van der Waals surface area (Å²) in [6, 6.07) is 5.22. The van der Waals surface area contributed by atoms with Crippen LogP contribution in [0.4, 0.5) is 5.69 Å². The Hall–Kier alpha value is -0.380. The lowest BCUT2D eigenvalue weighted by Crippen LogP contribution is -2.21. The highest BCUT2D eigenvalue weighted by Gasteiger charge is 2.07. The van der Waals surface area contributed by atoms with Crippen LogP contribution in [0.1, 0.15) is 0 Å². The number of thioether (sulfide) groups is 1. The fourth-order valence-electron chi connectivity index (χ4n) is 0.987. The Balaban J connectivity index is 3.00. The highest BCUT2D eigenvalue weighted by atomic mass is 35.5. The van der Waals surface area contributed by atoms with E-state index in [-0.39, 0.29) is 0 Å². The normalized spacial score (nSPS) is 10.0. The third-order valence-corrected chi connectivity index (χ3v) is 2.83. The van der Waals surface area contributed by atoms with Gasteiger partial charge in [-0.2, -0.15) is 0 Å². The summed E-state index contributed by atoms with van der Waals surface area (Å²) >= 11 is 13.1. The second kappa shape index (κ2) is 4.91. The lowest BCUT2D eigenvalue weighted by atomic mass is 10.3. The van der Waals surface area contributed by atoms with Gasteiger partial charge in [0.2, 0.25) is 0 Å². The van der Waals surface area contributed by atoms with Crippen molar-refractivity contribution in [2.24, 2.45) is 0 Å². The zero-order chi connectivity index (χ0) is 10.7. The maximum atomic E-state index is 7.62. The SMILES string of the molecule is CSC(=N)N(C)c1cc(Cl)cc(Cl)c1. The van der Waals surface area contributed by atoms with E-state index in [9.17, 15) is 0 Å². The molecule has 76 valence electrons. The molecule has 0 aliphatic carbocycles. The molecule has 0 aliphatic rings. The molecule has 14 heavy (non-hydrogen) atoms. The van der Waals surface area contributed by atoms with Crippen LogP contribution in [-0.4, -0.2) is 18.5 Å². The molecule has 1 aromatic rings. The van der Waals surface area contributed by atoms with Gasteiger partial charge in [-0.05, 0) is 24.5 Å². The van der Waals surface area contributed by atoms with Crippen LogP contribution >= 0.6 is 35.0 Å². The van der Waals surface area contributed by atoms with Crippen LogP contribution in [0.3, 0.4) is 0 Å². The molecule has 0 fully saturated rings. The molecular weight excluding hydrogens is 239 g/mol. The van der Waals surface area contributed by atoms with Gasteiger partial charge in [0.15, 0.2) is 5.17 Å². The van der Waals surface area contributed by atoms with E-state index in [1.165, 1.54) is 11.8 Å². The first-order valence-electron chi connectivity index (χ1n) is 3.87. The van der Waals surface area contributed by atoms with Gasteiger partial charge in [0.25, 0.3) is 0 Å². The van der Waals surface area contributed by atoms with Gasteiger partial charge in [-0.3, -0.25) is 5.41 Å². The van der Waals surface area contributed by atoms with Gasteiger partial charge in [0.1, 0.15) is 0 Å². The van der Waals surface area contributed by atoms with Crippen LogP contribution in [0.2, 0.25) is 10.0 Å². The maximum Gasteiger partial charge on any atom is 0.160 e. The van der Waals surface area contributed by atoms with Crippen LogP contribution in [0.25, 0.3) is 0 Å². The summed E-state index contributed by atoms with van der Waals surface area (Å²) in [4.78, 5) is 1.72. The second-order valence-electron chi connectivity index (χ2n) is 2.70. The Morgan fingerprint density at radius 2 is 1.79 bits per heavy atom. The quantitative estimate of drug-likeness (QED) is 0.606. The Morgan fingerprint density at radius 1 is 1.29 bits per heavy atom. The van der Waals surface area contributed by atoms with Gasteiger partial charge in [0, 0.05) is 22.8 Å². The molecule has 0 saturated carbocycles. The summed E-state index contributed by atoms with van der Waals surface area (Å²) in [5.74, 6) is 0. The molecule has 0 unspecified atom stereocenters. The van der Waals surface area contributed by atoms with Crippen molar-refractivity contribution in [1.29, 1.82) is 5.41 Å². The molecule has 0 spiro atoms. The van der Waals surface area contributed by atoms with E-state index < -0.39 is 0 Å². The minimum Gasteiger partial charge on any atom is -0.324 e. The molecular formula is C9H10Cl2N2S.